The van der Waals surface area contributed by atoms with Gasteiger partial charge < -0.3 is 10.6 Å². The third-order valence-electron chi connectivity index (χ3n) is 4.93. The molecule has 0 saturated carbocycles. The lowest BCUT2D eigenvalue weighted by Crippen LogP contribution is -2.35. The molecule has 0 saturated heterocycles. The minimum Gasteiger partial charge on any atom is -0.336 e. The van der Waals surface area contributed by atoms with Crippen molar-refractivity contribution in [3.8, 4) is 0 Å². The monoisotopic (exact) mass is 491 g/mol. The van der Waals surface area contributed by atoms with E-state index in [2.05, 4.69) is 15.6 Å². The average molecular weight is 492 g/mol. The van der Waals surface area contributed by atoms with Crippen molar-refractivity contribution >= 4 is 44.8 Å². The molecule has 6 nitrogen and oxygen atoms in total. The Morgan fingerprint density at radius 2 is 1.72 bits per heavy atom. The number of pyridine rings is 1. The molecular formula is C23H23Cl2N3O3S. The van der Waals surface area contributed by atoms with Gasteiger partial charge in [-0.25, -0.2) is 13.2 Å². The van der Waals surface area contributed by atoms with Gasteiger partial charge in [0.25, 0.3) is 0 Å². The number of urea groups is 1. The molecule has 1 atom stereocenters. The van der Waals surface area contributed by atoms with E-state index >= 15 is 0 Å². The van der Waals surface area contributed by atoms with Crippen LogP contribution < -0.4 is 10.6 Å². The minimum absolute atomic E-state index is 0.146. The van der Waals surface area contributed by atoms with E-state index in [0.717, 1.165) is 5.56 Å². The molecule has 2 amide bonds. The van der Waals surface area contributed by atoms with Gasteiger partial charge >= 0.3 is 6.03 Å². The van der Waals surface area contributed by atoms with Crippen LogP contribution in [-0.2, 0) is 9.84 Å². The first-order chi connectivity index (χ1) is 15.2. The predicted octanol–water partition coefficient (Wildman–Crippen LogP) is 5.85. The summed E-state index contributed by atoms with van der Waals surface area (Å²) in [6.45, 7) is 3.93. The number of carbonyl (C=O) groups excluding carboxylic acids is 1. The van der Waals surface area contributed by atoms with Gasteiger partial charge in [-0.3, -0.25) is 4.98 Å². The van der Waals surface area contributed by atoms with Gasteiger partial charge in [-0.05, 0) is 53.4 Å². The molecule has 0 fully saturated rings. The second kappa shape index (κ2) is 10.3. The standard InChI is InChI=1S/C23H23Cl2N3O3S/c1-15(2)16-5-8-19(9-6-16)32(30,31)22(17-4-3-11-26-13-17)14-27-23(29)28-18-7-10-20(24)21(25)12-18/h3-13,15,22H,14H2,1-2H3,(H2,27,28,29). The lowest BCUT2D eigenvalue weighted by molar-refractivity contribution is 0.252. The van der Waals surface area contributed by atoms with Gasteiger partial charge in [-0.1, -0.05) is 55.2 Å². The molecule has 0 aliphatic carbocycles. The molecule has 1 aromatic heterocycles. The summed E-state index contributed by atoms with van der Waals surface area (Å²) < 4.78 is 26.9. The zero-order valence-corrected chi connectivity index (χ0v) is 19.9. The molecule has 3 rings (SSSR count). The summed E-state index contributed by atoms with van der Waals surface area (Å²) in [6.07, 6.45) is 3.05. The number of halogens is 2. The summed E-state index contributed by atoms with van der Waals surface area (Å²) in [7, 11) is -3.80. The summed E-state index contributed by atoms with van der Waals surface area (Å²) in [6, 6.07) is 14.3. The first-order valence-electron chi connectivity index (χ1n) is 9.92. The maximum Gasteiger partial charge on any atom is 0.319 e. The van der Waals surface area contributed by atoms with Crippen molar-refractivity contribution in [2.24, 2.45) is 0 Å². The van der Waals surface area contributed by atoms with Crippen LogP contribution in [0.1, 0.15) is 36.1 Å². The van der Waals surface area contributed by atoms with Gasteiger partial charge in [0.05, 0.1) is 14.9 Å². The van der Waals surface area contributed by atoms with E-state index in [1.165, 1.54) is 12.3 Å². The van der Waals surface area contributed by atoms with Gasteiger partial charge in [0, 0.05) is 24.6 Å². The fraction of sp³-hybridized carbons (Fsp3) is 0.217. The fourth-order valence-electron chi connectivity index (χ4n) is 3.11. The maximum atomic E-state index is 13.4. The number of carbonyl (C=O) groups is 1. The summed E-state index contributed by atoms with van der Waals surface area (Å²) in [4.78, 5) is 16.6. The van der Waals surface area contributed by atoms with Crippen LogP contribution in [0.15, 0.2) is 71.9 Å². The van der Waals surface area contributed by atoms with Gasteiger partial charge in [0.1, 0.15) is 5.25 Å². The van der Waals surface area contributed by atoms with Crippen molar-refractivity contribution in [2.45, 2.75) is 29.9 Å². The molecule has 2 aromatic carbocycles. The first kappa shape index (κ1) is 24.0. The highest BCUT2D eigenvalue weighted by atomic mass is 35.5. The maximum absolute atomic E-state index is 13.4. The van der Waals surface area contributed by atoms with Crippen molar-refractivity contribution in [1.82, 2.24) is 10.3 Å². The molecule has 0 aliphatic rings. The molecule has 0 aliphatic heterocycles. The molecule has 2 N–H and O–H groups in total. The fourth-order valence-corrected chi connectivity index (χ4v) is 5.06. The number of sulfone groups is 1. The summed E-state index contributed by atoms with van der Waals surface area (Å²) in [5.74, 6) is 0.285. The molecule has 0 bridgehead atoms. The third kappa shape index (κ3) is 5.79. The van der Waals surface area contributed by atoms with Crippen molar-refractivity contribution in [3.63, 3.8) is 0 Å². The van der Waals surface area contributed by atoms with E-state index in [0.29, 0.717) is 21.3 Å². The van der Waals surface area contributed by atoms with E-state index in [4.69, 9.17) is 23.2 Å². The Morgan fingerprint density at radius 3 is 2.31 bits per heavy atom. The number of hydrogen-bond acceptors (Lipinski definition) is 4. The van der Waals surface area contributed by atoms with Crippen molar-refractivity contribution in [3.05, 3.63) is 88.2 Å². The largest absolute Gasteiger partial charge is 0.336 e. The molecule has 9 heteroatoms. The number of benzene rings is 2. The summed E-state index contributed by atoms with van der Waals surface area (Å²) in [5, 5.41) is 4.91. The van der Waals surface area contributed by atoms with Crippen LogP contribution in [0.25, 0.3) is 0 Å². The predicted molar refractivity (Wildman–Crippen MR) is 128 cm³/mol. The van der Waals surface area contributed by atoms with Gasteiger partial charge in [-0.15, -0.1) is 0 Å². The van der Waals surface area contributed by atoms with Crippen molar-refractivity contribution < 1.29 is 13.2 Å². The summed E-state index contributed by atoms with van der Waals surface area (Å²) >= 11 is 11.9. The van der Waals surface area contributed by atoms with Crippen molar-refractivity contribution in [1.29, 1.82) is 0 Å². The van der Waals surface area contributed by atoms with E-state index in [-0.39, 0.29) is 17.4 Å². The van der Waals surface area contributed by atoms with Crippen LogP contribution in [0, 0.1) is 0 Å². The van der Waals surface area contributed by atoms with E-state index < -0.39 is 21.1 Å². The van der Waals surface area contributed by atoms with Crippen LogP contribution in [0.3, 0.4) is 0 Å². The first-order valence-corrected chi connectivity index (χ1v) is 12.2. The third-order valence-corrected chi connectivity index (χ3v) is 7.79. The zero-order valence-electron chi connectivity index (χ0n) is 17.5. The quantitative estimate of drug-likeness (QED) is 0.433. The Balaban J connectivity index is 1.81. The van der Waals surface area contributed by atoms with Gasteiger partial charge in [-0.2, -0.15) is 0 Å². The number of aromatic nitrogens is 1. The van der Waals surface area contributed by atoms with Crippen molar-refractivity contribution in [2.75, 3.05) is 11.9 Å². The van der Waals surface area contributed by atoms with Crippen LogP contribution in [0.5, 0.6) is 0 Å². The van der Waals surface area contributed by atoms with E-state index in [1.807, 2.05) is 26.0 Å². The molecule has 0 radical (unpaired) electrons. The number of nitrogens with zero attached hydrogens (tertiary/aromatic N) is 1. The highest BCUT2D eigenvalue weighted by Crippen LogP contribution is 2.29. The Morgan fingerprint density at radius 1 is 1.00 bits per heavy atom. The molecule has 1 heterocycles. The SMILES string of the molecule is CC(C)c1ccc(S(=O)(=O)C(CNC(=O)Nc2ccc(Cl)c(Cl)c2)c2cccnc2)cc1. The van der Waals surface area contributed by atoms with Crippen LogP contribution in [0.2, 0.25) is 10.0 Å². The zero-order chi connectivity index (χ0) is 23.3. The smallest absolute Gasteiger partial charge is 0.319 e. The Labute approximate surface area is 197 Å². The molecule has 32 heavy (non-hydrogen) atoms. The second-order valence-corrected chi connectivity index (χ2v) is 10.5. The Kier molecular flexibility index (Phi) is 7.77. The lowest BCUT2D eigenvalue weighted by atomic mass is 10.0. The second-order valence-electron chi connectivity index (χ2n) is 7.51. The number of hydrogen-bond donors (Lipinski definition) is 2. The highest BCUT2D eigenvalue weighted by molar-refractivity contribution is 7.91. The number of rotatable bonds is 7. The van der Waals surface area contributed by atoms with Gasteiger partial charge in [0.15, 0.2) is 9.84 Å². The van der Waals surface area contributed by atoms with Gasteiger partial charge in [0.2, 0.25) is 0 Å². The molecule has 1 unspecified atom stereocenters. The Bertz CT molecular complexity index is 1180. The number of amides is 2. The highest BCUT2D eigenvalue weighted by Gasteiger charge is 2.30. The summed E-state index contributed by atoms with van der Waals surface area (Å²) in [5.41, 5.74) is 1.96. The van der Waals surface area contributed by atoms with Crippen LogP contribution in [-0.4, -0.2) is 26.0 Å². The average Bonchev–Trinajstić information content (AvgIpc) is 2.77. The number of anilines is 1. The molecular weight excluding hydrogens is 469 g/mol. The Hall–Kier alpha value is -2.61. The van der Waals surface area contributed by atoms with Crippen LogP contribution in [0.4, 0.5) is 10.5 Å². The molecule has 0 spiro atoms. The number of nitrogens with one attached hydrogen (secondary N) is 2. The topological polar surface area (TPSA) is 88.2 Å². The normalized spacial score (nSPS) is 12.4. The molecule has 168 valence electrons. The molecule has 3 aromatic rings. The lowest BCUT2D eigenvalue weighted by Gasteiger charge is -2.19. The minimum atomic E-state index is -3.80. The van der Waals surface area contributed by atoms with E-state index in [1.54, 1.807) is 42.6 Å². The van der Waals surface area contributed by atoms with Crippen LogP contribution >= 0.6 is 23.2 Å². The van der Waals surface area contributed by atoms with E-state index in [9.17, 15) is 13.2 Å².